The van der Waals surface area contributed by atoms with Crippen LogP contribution in [0.5, 0.6) is 0 Å². The summed E-state index contributed by atoms with van der Waals surface area (Å²) in [4.78, 5) is 18.9. The zero-order valence-corrected chi connectivity index (χ0v) is 10.7. The van der Waals surface area contributed by atoms with Gasteiger partial charge in [-0.1, -0.05) is 32.1 Å². The minimum atomic E-state index is -3.10. The van der Waals surface area contributed by atoms with Crippen molar-refractivity contribution in [3.8, 4) is 0 Å². The van der Waals surface area contributed by atoms with Crippen molar-refractivity contribution in [3.63, 3.8) is 0 Å². The summed E-state index contributed by atoms with van der Waals surface area (Å²) in [5.74, 6) is -1.14. The quantitative estimate of drug-likeness (QED) is 0.659. The minimum absolute atomic E-state index is 0.0412. The minimum Gasteiger partial charge on any atom is -0.480 e. The Balaban J connectivity index is 0.000000368. The molecule has 5 nitrogen and oxygen atoms in total. The van der Waals surface area contributed by atoms with Crippen LogP contribution in [0.2, 0.25) is 0 Å². The third-order valence-electron chi connectivity index (χ3n) is 2.42. The Morgan fingerprint density at radius 2 is 1.69 bits per heavy atom. The summed E-state index contributed by atoms with van der Waals surface area (Å²) in [7, 11) is -3.10. The molecule has 6 heteroatoms. The van der Waals surface area contributed by atoms with Crippen LogP contribution in [0.15, 0.2) is 0 Å². The number of hydrogen-bond acceptors (Lipinski definition) is 3. The summed E-state index contributed by atoms with van der Waals surface area (Å²) in [6, 6.07) is -1.03. The molecule has 0 aliphatic heterocycles. The Labute approximate surface area is 96.5 Å². The van der Waals surface area contributed by atoms with Crippen molar-refractivity contribution in [2.24, 2.45) is 5.73 Å². The molecule has 2 atom stereocenters. The topological polar surface area (TPSA) is 101 Å². The average Bonchev–Trinajstić information content (AvgIpc) is 2.70. The van der Waals surface area contributed by atoms with Crippen LogP contribution in [0.1, 0.15) is 38.5 Å². The smallest absolute Gasteiger partial charge is 0.320 e. The Morgan fingerprint density at radius 3 is 1.94 bits per heavy atom. The summed E-state index contributed by atoms with van der Waals surface area (Å²) >= 11 is 0. The standard InChI is InChI=1S/C5H12NO4P.C5H10/c1-11(9,10)3-2-4(6)5(7)8;1-2-4-5-3-1/h4H,2-3,6H2,1H3,(H,7,8)(H,9,10);1-5H2/t4-;/m0./s1. The predicted molar refractivity (Wildman–Crippen MR) is 63.9 cm³/mol. The van der Waals surface area contributed by atoms with Crippen molar-refractivity contribution in [1.29, 1.82) is 0 Å². The van der Waals surface area contributed by atoms with Gasteiger partial charge in [-0.15, -0.1) is 0 Å². The highest BCUT2D eigenvalue weighted by Crippen LogP contribution is 2.35. The summed E-state index contributed by atoms with van der Waals surface area (Å²) in [5.41, 5.74) is 5.09. The number of carboxylic acid groups (broad SMARTS) is 1. The number of carbonyl (C=O) groups is 1. The van der Waals surface area contributed by atoms with E-state index in [2.05, 4.69) is 0 Å². The lowest BCUT2D eigenvalue weighted by atomic mass is 10.2. The Bertz CT molecular complexity index is 240. The van der Waals surface area contributed by atoms with Gasteiger partial charge in [0.25, 0.3) is 0 Å². The second-order valence-corrected chi connectivity index (χ2v) is 6.82. The zero-order chi connectivity index (χ0) is 12.6. The third-order valence-corrected chi connectivity index (χ3v) is 3.51. The van der Waals surface area contributed by atoms with Gasteiger partial charge in [0.15, 0.2) is 7.37 Å². The molecule has 0 radical (unpaired) electrons. The Kier molecular flexibility index (Phi) is 7.64. The van der Waals surface area contributed by atoms with E-state index in [0.29, 0.717) is 0 Å². The van der Waals surface area contributed by atoms with Gasteiger partial charge in [0, 0.05) is 12.8 Å². The zero-order valence-electron chi connectivity index (χ0n) is 9.76. The summed E-state index contributed by atoms with van der Waals surface area (Å²) in [6.45, 7) is 1.18. The number of hydrogen-bond donors (Lipinski definition) is 3. The van der Waals surface area contributed by atoms with E-state index in [1.54, 1.807) is 0 Å². The first-order valence-electron chi connectivity index (χ1n) is 5.60. The summed E-state index contributed by atoms with van der Waals surface area (Å²) < 4.78 is 10.6. The fraction of sp³-hybridized carbons (Fsp3) is 0.900. The van der Waals surface area contributed by atoms with Crippen LogP contribution in [-0.2, 0) is 9.36 Å². The van der Waals surface area contributed by atoms with Gasteiger partial charge >= 0.3 is 5.97 Å². The van der Waals surface area contributed by atoms with Gasteiger partial charge < -0.3 is 15.7 Å². The molecule has 1 saturated carbocycles. The summed E-state index contributed by atoms with van der Waals surface area (Å²) in [5, 5.41) is 8.28. The normalized spacial score (nSPS) is 20.4. The number of nitrogens with two attached hydrogens (primary N) is 1. The molecule has 1 aliphatic rings. The summed E-state index contributed by atoms with van der Waals surface area (Å²) in [6.07, 6.45) is 7.50. The largest absolute Gasteiger partial charge is 0.480 e. The van der Waals surface area contributed by atoms with Gasteiger partial charge in [-0.2, -0.15) is 0 Å². The molecule has 0 aromatic rings. The maximum atomic E-state index is 10.6. The van der Waals surface area contributed by atoms with Crippen LogP contribution in [0.4, 0.5) is 0 Å². The highest BCUT2D eigenvalue weighted by Gasteiger charge is 2.16. The number of aliphatic carboxylic acids is 1. The van der Waals surface area contributed by atoms with Gasteiger partial charge in [0.05, 0.1) is 0 Å². The molecule has 4 N–H and O–H groups in total. The molecule has 16 heavy (non-hydrogen) atoms. The lowest BCUT2D eigenvalue weighted by Crippen LogP contribution is -2.30. The van der Waals surface area contributed by atoms with Crippen molar-refractivity contribution < 1.29 is 19.4 Å². The molecular formula is C10H22NO4P. The van der Waals surface area contributed by atoms with Crippen LogP contribution in [0.3, 0.4) is 0 Å². The van der Waals surface area contributed by atoms with Gasteiger partial charge in [0.2, 0.25) is 0 Å². The van der Waals surface area contributed by atoms with Crippen LogP contribution in [-0.4, -0.2) is 34.8 Å². The monoisotopic (exact) mass is 251 g/mol. The van der Waals surface area contributed by atoms with Crippen molar-refractivity contribution >= 4 is 13.3 Å². The van der Waals surface area contributed by atoms with E-state index in [1.807, 2.05) is 0 Å². The molecule has 1 aliphatic carbocycles. The Morgan fingerprint density at radius 1 is 1.31 bits per heavy atom. The highest BCUT2D eigenvalue weighted by molar-refractivity contribution is 7.57. The molecule has 1 fully saturated rings. The van der Waals surface area contributed by atoms with Crippen LogP contribution >= 0.6 is 7.37 Å². The van der Waals surface area contributed by atoms with Crippen molar-refractivity contribution in [2.45, 2.75) is 44.6 Å². The molecule has 0 saturated heterocycles. The van der Waals surface area contributed by atoms with Gasteiger partial charge in [0.1, 0.15) is 6.04 Å². The van der Waals surface area contributed by atoms with Crippen molar-refractivity contribution in [1.82, 2.24) is 0 Å². The lowest BCUT2D eigenvalue weighted by molar-refractivity contribution is -0.138. The van der Waals surface area contributed by atoms with E-state index < -0.39 is 19.4 Å². The molecule has 0 aromatic heterocycles. The predicted octanol–water partition coefficient (Wildman–Crippen LogP) is 1.64. The van der Waals surface area contributed by atoms with E-state index >= 15 is 0 Å². The molecule has 0 heterocycles. The van der Waals surface area contributed by atoms with Gasteiger partial charge in [-0.3, -0.25) is 9.36 Å². The second-order valence-electron chi connectivity index (χ2n) is 4.28. The third kappa shape index (κ3) is 10.1. The first kappa shape index (κ1) is 15.6. The number of rotatable bonds is 4. The maximum Gasteiger partial charge on any atom is 0.320 e. The van der Waals surface area contributed by atoms with Crippen LogP contribution in [0, 0.1) is 0 Å². The maximum absolute atomic E-state index is 10.6. The average molecular weight is 251 g/mol. The fourth-order valence-corrected chi connectivity index (χ4v) is 2.14. The van der Waals surface area contributed by atoms with Crippen molar-refractivity contribution in [2.75, 3.05) is 12.8 Å². The lowest BCUT2D eigenvalue weighted by Gasteiger charge is -2.07. The second kappa shape index (κ2) is 7.82. The first-order valence-corrected chi connectivity index (χ1v) is 7.90. The van der Waals surface area contributed by atoms with Gasteiger partial charge in [-0.05, 0) is 6.42 Å². The molecule has 0 aromatic carbocycles. The van der Waals surface area contributed by atoms with Gasteiger partial charge in [-0.25, -0.2) is 0 Å². The molecule has 1 unspecified atom stereocenters. The van der Waals surface area contributed by atoms with Crippen LogP contribution < -0.4 is 5.73 Å². The molecule has 1 rings (SSSR count). The van der Waals surface area contributed by atoms with E-state index in [1.165, 1.54) is 38.8 Å². The SMILES string of the molecule is C1CCCC1.CP(=O)(O)CC[C@H](N)C(=O)O. The van der Waals surface area contributed by atoms with E-state index in [0.717, 1.165) is 0 Å². The molecule has 0 amide bonds. The van der Waals surface area contributed by atoms with E-state index in [-0.39, 0.29) is 12.6 Å². The number of carboxylic acids is 1. The molecule has 0 spiro atoms. The molecule has 0 bridgehead atoms. The fourth-order valence-electron chi connectivity index (χ4n) is 1.39. The first-order chi connectivity index (χ1) is 7.33. The van der Waals surface area contributed by atoms with E-state index in [4.69, 9.17) is 15.7 Å². The van der Waals surface area contributed by atoms with Crippen molar-refractivity contribution in [3.05, 3.63) is 0 Å². The molecular weight excluding hydrogens is 229 g/mol. The van der Waals surface area contributed by atoms with Crippen LogP contribution in [0.25, 0.3) is 0 Å². The Hall–Kier alpha value is -0.380. The van der Waals surface area contributed by atoms with E-state index in [9.17, 15) is 9.36 Å². The highest BCUT2D eigenvalue weighted by atomic mass is 31.2. The molecule has 96 valence electrons.